The molecule has 178 valence electrons. The standard InChI is InChI=1S/C25H24F2N2O5/c26-25(27,22(31)32)13-28-21(30)24-10-14(24)9-15(11-24)29-23(33)34-12-20-18-7-3-1-5-16(18)17-6-2-4-8-19(17)20/h1-8,14-15,20H,9-13H2,(H,28,30)(H,29,33)(H,31,32)/t14-,15+,24+/m1/s1. The monoisotopic (exact) mass is 470 g/mol. The zero-order valence-electron chi connectivity index (χ0n) is 18.2. The highest BCUT2D eigenvalue weighted by molar-refractivity contribution is 5.87. The Kier molecular flexibility index (Phi) is 5.30. The van der Waals surface area contributed by atoms with Gasteiger partial charge in [-0.25, -0.2) is 9.59 Å². The van der Waals surface area contributed by atoms with Crippen LogP contribution in [0.3, 0.4) is 0 Å². The molecule has 0 heterocycles. The van der Waals surface area contributed by atoms with Crippen molar-refractivity contribution in [2.45, 2.75) is 37.1 Å². The molecular weight excluding hydrogens is 446 g/mol. The van der Waals surface area contributed by atoms with Crippen LogP contribution in [0.4, 0.5) is 13.6 Å². The molecule has 3 aliphatic rings. The van der Waals surface area contributed by atoms with Crippen molar-refractivity contribution >= 4 is 18.0 Å². The molecule has 0 bridgehead atoms. The maximum Gasteiger partial charge on any atom is 0.407 e. The molecule has 0 radical (unpaired) electrons. The van der Waals surface area contributed by atoms with Crippen LogP contribution in [0.25, 0.3) is 11.1 Å². The highest BCUT2D eigenvalue weighted by Crippen LogP contribution is 2.63. The summed E-state index contributed by atoms with van der Waals surface area (Å²) in [5, 5.41) is 13.4. The molecule has 34 heavy (non-hydrogen) atoms. The van der Waals surface area contributed by atoms with E-state index in [-0.39, 0.29) is 24.5 Å². The van der Waals surface area contributed by atoms with Crippen LogP contribution in [-0.4, -0.2) is 48.2 Å². The van der Waals surface area contributed by atoms with E-state index in [0.717, 1.165) is 22.3 Å². The summed E-state index contributed by atoms with van der Waals surface area (Å²) in [6.45, 7) is -1.08. The smallest absolute Gasteiger partial charge is 0.407 e. The largest absolute Gasteiger partial charge is 0.477 e. The van der Waals surface area contributed by atoms with Crippen LogP contribution in [0, 0.1) is 11.3 Å². The third-order valence-corrected chi connectivity index (χ3v) is 7.31. The molecule has 2 fully saturated rings. The third-order valence-electron chi connectivity index (χ3n) is 7.31. The minimum absolute atomic E-state index is 0.0233. The van der Waals surface area contributed by atoms with Crippen molar-refractivity contribution in [3.8, 4) is 11.1 Å². The van der Waals surface area contributed by atoms with Crippen LogP contribution in [-0.2, 0) is 14.3 Å². The topological polar surface area (TPSA) is 105 Å². The van der Waals surface area contributed by atoms with Crippen molar-refractivity contribution < 1.29 is 33.0 Å². The number of carboxylic acids is 1. The van der Waals surface area contributed by atoms with Gasteiger partial charge in [0.2, 0.25) is 5.91 Å². The summed E-state index contributed by atoms with van der Waals surface area (Å²) < 4.78 is 32.1. The van der Waals surface area contributed by atoms with Gasteiger partial charge in [-0.2, -0.15) is 8.78 Å². The molecule has 2 aromatic rings. The molecule has 7 nitrogen and oxygen atoms in total. The number of amides is 2. The minimum Gasteiger partial charge on any atom is -0.477 e. The number of hydrogen-bond acceptors (Lipinski definition) is 4. The molecule has 3 N–H and O–H groups in total. The molecular formula is C25H24F2N2O5. The predicted octanol–water partition coefficient (Wildman–Crippen LogP) is 3.53. The van der Waals surface area contributed by atoms with Crippen molar-refractivity contribution in [2.75, 3.05) is 13.2 Å². The Morgan fingerprint density at radius 1 is 1.03 bits per heavy atom. The highest BCUT2D eigenvalue weighted by Gasteiger charge is 2.65. The summed E-state index contributed by atoms with van der Waals surface area (Å²) in [4.78, 5) is 35.5. The number of rotatable bonds is 7. The van der Waals surface area contributed by atoms with Crippen LogP contribution in [0.15, 0.2) is 48.5 Å². The van der Waals surface area contributed by atoms with Crippen molar-refractivity contribution in [2.24, 2.45) is 11.3 Å². The molecule has 3 atom stereocenters. The summed E-state index contributed by atoms with van der Waals surface area (Å²) in [6, 6.07) is 15.7. The van der Waals surface area contributed by atoms with Gasteiger partial charge in [-0.3, -0.25) is 4.79 Å². The first-order valence-corrected chi connectivity index (χ1v) is 11.2. The zero-order valence-corrected chi connectivity index (χ0v) is 18.2. The Labute approximate surface area is 194 Å². The second-order valence-corrected chi connectivity index (χ2v) is 9.36. The highest BCUT2D eigenvalue weighted by atomic mass is 19.3. The Balaban J connectivity index is 1.15. The molecule has 3 aliphatic carbocycles. The zero-order chi connectivity index (χ0) is 24.1. The van der Waals surface area contributed by atoms with Crippen LogP contribution < -0.4 is 10.6 Å². The third kappa shape index (κ3) is 3.78. The quantitative estimate of drug-likeness (QED) is 0.574. The lowest BCUT2D eigenvalue weighted by molar-refractivity contribution is -0.164. The summed E-state index contributed by atoms with van der Waals surface area (Å²) in [7, 11) is 0. The van der Waals surface area contributed by atoms with Crippen LogP contribution in [0.5, 0.6) is 0 Å². The average molecular weight is 470 g/mol. The predicted molar refractivity (Wildman–Crippen MR) is 117 cm³/mol. The molecule has 0 unspecified atom stereocenters. The van der Waals surface area contributed by atoms with Crippen LogP contribution in [0.2, 0.25) is 0 Å². The SMILES string of the molecule is O=C(N[C@H]1C[C@@H]2C[C@]2(C(=O)NCC(F)(F)C(=O)O)C1)OCC1c2ccccc2-c2ccccc21. The van der Waals surface area contributed by atoms with Gasteiger partial charge in [-0.1, -0.05) is 48.5 Å². The van der Waals surface area contributed by atoms with Gasteiger partial charge in [0.15, 0.2) is 0 Å². The summed E-state index contributed by atoms with van der Waals surface area (Å²) in [5.74, 6) is -6.98. The Morgan fingerprint density at radius 2 is 1.65 bits per heavy atom. The fourth-order valence-electron chi connectivity index (χ4n) is 5.54. The van der Waals surface area contributed by atoms with E-state index >= 15 is 0 Å². The number of carboxylic acid groups (broad SMARTS) is 1. The van der Waals surface area contributed by atoms with E-state index in [1.54, 1.807) is 0 Å². The van der Waals surface area contributed by atoms with Crippen molar-refractivity contribution in [3.63, 3.8) is 0 Å². The Morgan fingerprint density at radius 3 is 2.26 bits per heavy atom. The van der Waals surface area contributed by atoms with Gasteiger partial charge in [0, 0.05) is 12.0 Å². The van der Waals surface area contributed by atoms with Crippen LogP contribution in [0.1, 0.15) is 36.3 Å². The number of alkyl carbamates (subject to hydrolysis) is 1. The lowest BCUT2D eigenvalue weighted by Crippen LogP contribution is -2.45. The molecule has 0 aliphatic heterocycles. The molecule has 0 spiro atoms. The Bertz CT molecular complexity index is 1120. The van der Waals surface area contributed by atoms with Gasteiger partial charge in [-0.05, 0) is 47.4 Å². The minimum atomic E-state index is -4.02. The first-order chi connectivity index (χ1) is 16.2. The Hall–Kier alpha value is -3.49. The number of benzene rings is 2. The van der Waals surface area contributed by atoms with Gasteiger partial charge < -0.3 is 20.5 Å². The summed E-state index contributed by atoms with van der Waals surface area (Å²) >= 11 is 0. The fraction of sp³-hybridized carbons (Fsp3) is 0.400. The normalized spacial score (nSPS) is 24.5. The molecule has 0 saturated heterocycles. The lowest BCUT2D eigenvalue weighted by atomic mass is 9.98. The van der Waals surface area contributed by atoms with Gasteiger partial charge in [0.1, 0.15) is 6.61 Å². The number of aliphatic carboxylic acids is 1. The summed E-state index contributed by atoms with van der Waals surface area (Å²) in [5.41, 5.74) is 3.64. The molecule has 0 aromatic heterocycles. The molecule has 2 saturated carbocycles. The molecule has 2 amide bonds. The summed E-state index contributed by atoms with van der Waals surface area (Å²) in [6.07, 6.45) is 0.820. The second kappa shape index (κ2) is 8.07. The van der Waals surface area contributed by atoms with E-state index in [4.69, 9.17) is 9.84 Å². The average Bonchev–Trinajstić information content (AvgIpc) is 3.24. The molecule has 2 aromatic carbocycles. The number of hydrogen-bond donors (Lipinski definition) is 3. The van der Waals surface area contributed by atoms with E-state index in [9.17, 15) is 23.2 Å². The number of alkyl halides is 2. The lowest BCUT2D eigenvalue weighted by Gasteiger charge is -2.20. The second-order valence-electron chi connectivity index (χ2n) is 9.36. The number of ether oxygens (including phenoxy) is 1. The van der Waals surface area contributed by atoms with Gasteiger partial charge in [0.05, 0.1) is 12.0 Å². The number of halogens is 2. The van der Waals surface area contributed by atoms with Crippen molar-refractivity contribution in [3.05, 3.63) is 59.7 Å². The maximum absolute atomic E-state index is 13.3. The van der Waals surface area contributed by atoms with E-state index in [1.165, 1.54) is 0 Å². The van der Waals surface area contributed by atoms with Gasteiger partial charge in [0.25, 0.3) is 0 Å². The molecule has 9 heteroatoms. The number of fused-ring (bicyclic) bond motifs is 4. The van der Waals surface area contributed by atoms with Crippen molar-refractivity contribution in [1.29, 1.82) is 0 Å². The van der Waals surface area contributed by atoms with E-state index in [2.05, 4.69) is 22.8 Å². The number of nitrogens with one attached hydrogen (secondary N) is 2. The molecule has 5 rings (SSSR count). The first kappa shape index (κ1) is 22.3. The number of carbonyl (C=O) groups is 3. The number of carbonyl (C=O) groups excluding carboxylic acids is 2. The first-order valence-electron chi connectivity index (χ1n) is 11.2. The van der Waals surface area contributed by atoms with E-state index in [0.29, 0.717) is 19.3 Å². The van der Waals surface area contributed by atoms with Gasteiger partial charge in [-0.15, -0.1) is 0 Å². The van der Waals surface area contributed by atoms with Crippen molar-refractivity contribution in [1.82, 2.24) is 10.6 Å². The fourth-order valence-corrected chi connectivity index (χ4v) is 5.54. The maximum atomic E-state index is 13.3. The van der Waals surface area contributed by atoms with E-state index in [1.807, 2.05) is 36.4 Å². The van der Waals surface area contributed by atoms with Crippen LogP contribution >= 0.6 is 0 Å². The van der Waals surface area contributed by atoms with Gasteiger partial charge >= 0.3 is 18.0 Å². The van der Waals surface area contributed by atoms with E-state index < -0.39 is 35.9 Å².